The monoisotopic (exact) mass is 526 g/mol. The molecule has 0 atom stereocenters. The number of sulfone groups is 1. The van der Waals surface area contributed by atoms with Crippen LogP contribution in [0.15, 0.2) is 30.6 Å². The summed E-state index contributed by atoms with van der Waals surface area (Å²) >= 11 is 0. The van der Waals surface area contributed by atoms with Crippen LogP contribution >= 0.6 is 0 Å². The van der Waals surface area contributed by atoms with E-state index in [-0.39, 0.29) is 29.5 Å². The highest BCUT2D eigenvalue weighted by Crippen LogP contribution is 2.46. The largest absolute Gasteiger partial charge is 0.492 e. The van der Waals surface area contributed by atoms with Gasteiger partial charge in [-0.05, 0) is 49.3 Å². The van der Waals surface area contributed by atoms with E-state index in [4.69, 9.17) is 4.74 Å². The molecule has 1 aromatic heterocycles. The van der Waals surface area contributed by atoms with E-state index in [1.54, 1.807) is 4.90 Å². The summed E-state index contributed by atoms with van der Waals surface area (Å²) in [6.07, 6.45) is 0.387. The highest BCUT2D eigenvalue weighted by molar-refractivity contribution is 7.93. The maximum atomic E-state index is 14.9. The van der Waals surface area contributed by atoms with Crippen molar-refractivity contribution in [2.75, 3.05) is 30.3 Å². The van der Waals surface area contributed by atoms with Crippen LogP contribution in [0.1, 0.15) is 60.0 Å². The van der Waals surface area contributed by atoms with Gasteiger partial charge in [0.1, 0.15) is 17.3 Å². The van der Waals surface area contributed by atoms with E-state index in [0.29, 0.717) is 31.5 Å². The lowest BCUT2D eigenvalue weighted by atomic mass is 9.82. The second-order valence-electron chi connectivity index (χ2n) is 10.4. The Morgan fingerprint density at radius 1 is 1.19 bits per heavy atom. The molecule has 0 radical (unpaired) electrons. The molecule has 36 heavy (non-hydrogen) atoms. The zero-order chi connectivity index (χ0) is 25.9. The van der Waals surface area contributed by atoms with Crippen LogP contribution in [0.5, 0.6) is 5.75 Å². The summed E-state index contributed by atoms with van der Waals surface area (Å²) in [5.41, 5.74) is -0.779. The summed E-state index contributed by atoms with van der Waals surface area (Å²) in [5, 5.41) is -0.503. The Labute approximate surface area is 206 Å². The molecule has 0 spiro atoms. The maximum absolute atomic E-state index is 14.9. The van der Waals surface area contributed by atoms with Crippen LogP contribution in [0.3, 0.4) is 0 Å². The van der Waals surface area contributed by atoms with Gasteiger partial charge in [0.05, 0.1) is 28.7 Å². The van der Waals surface area contributed by atoms with E-state index < -0.39 is 49.6 Å². The van der Waals surface area contributed by atoms with Crippen LogP contribution in [-0.2, 0) is 16.0 Å². The summed E-state index contributed by atoms with van der Waals surface area (Å²) in [7, 11) is -3.57. The molecule has 194 valence electrons. The zero-order valence-corrected chi connectivity index (χ0v) is 20.5. The van der Waals surface area contributed by atoms with Gasteiger partial charge in [-0.15, -0.1) is 0 Å². The Morgan fingerprint density at radius 2 is 1.89 bits per heavy atom. The molecule has 2 aliphatic carbocycles. The Hall–Kier alpha value is -2.69. The van der Waals surface area contributed by atoms with Gasteiger partial charge in [0, 0.05) is 37.0 Å². The number of anilines is 1. The first kappa shape index (κ1) is 25.0. The Balaban J connectivity index is 1.28. The fraction of sp³-hybridized carbons (Fsp3) is 0.520. The molecule has 0 N–H and O–H groups in total. The molecule has 1 saturated heterocycles. The second-order valence-corrected chi connectivity index (χ2v) is 12.7. The van der Waals surface area contributed by atoms with E-state index in [9.17, 15) is 30.8 Å². The number of pyridine rings is 1. The van der Waals surface area contributed by atoms with Crippen molar-refractivity contribution >= 4 is 21.3 Å². The van der Waals surface area contributed by atoms with Crippen LogP contribution in [0.2, 0.25) is 0 Å². The average Bonchev–Trinajstić information content (AvgIpc) is 3.67. The number of rotatable bonds is 9. The minimum atomic E-state index is -4.51. The van der Waals surface area contributed by atoms with Crippen molar-refractivity contribution in [1.82, 2.24) is 4.98 Å². The minimum absolute atomic E-state index is 0.0590. The van der Waals surface area contributed by atoms with Gasteiger partial charge in [-0.1, -0.05) is 6.92 Å². The highest BCUT2D eigenvalue weighted by atomic mass is 32.2. The summed E-state index contributed by atoms with van der Waals surface area (Å²) in [5.74, 6) is -1.91. The van der Waals surface area contributed by atoms with Crippen LogP contribution in [0.25, 0.3) is 0 Å². The van der Waals surface area contributed by atoms with Gasteiger partial charge in [0.2, 0.25) is 0 Å². The molecule has 0 unspecified atom stereocenters. The van der Waals surface area contributed by atoms with Crippen molar-refractivity contribution in [2.24, 2.45) is 5.41 Å². The number of Topliss-reactive ketones (excluding diaryl/α,β-unsaturated/α-hetero) is 1. The number of benzene rings is 1. The zero-order valence-electron chi connectivity index (χ0n) is 19.6. The molecule has 5 rings (SSSR count). The molecule has 6 nitrogen and oxygen atoms in total. The van der Waals surface area contributed by atoms with Gasteiger partial charge in [-0.2, -0.15) is 13.2 Å². The number of nitrogens with zero attached hydrogens (tertiary/aromatic N) is 2. The molecule has 2 saturated carbocycles. The van der Waals surface area contributed by atoms with E-state index in [0.717, 1.165) is 25.1 Å². The first-order chi connectivity index (χ1) is 16.9. The van der Waals surface area contributed by atoms with Gasteiger partial charge < -0.3 is 9.64 Å². The lowest BCUT2D eigenvalue weighted by Gasteiger charge is -2.49. The molecular formula is C25H26F4N2O4S. The Bertz CT molecular complexity index is 1300. The number of carbonyl (C=O) groups is 1. The molecule has 0 amide bonds. The van der Waals surface area contributed by atoms with Crippen molar-refractivity contribution in [1.29, 1.82) is 0 Å². The number of carbonyl (C=O) groups excluding carboxylic acids is 1. The second kappa shape index (κ2) is 8.71. The predicted molar refractivity (Wildman–Crippen MR) is 125 cm³/mol. The first-order valence-corrected chi connectivity index (χ1v) is 13.5. The van der Waals surface area contributed by atoms with Crippen LogP contribution < -0.4 is 9.64 Å². The van der Waals surface area contributed by atoms with E-state index in [2.05, 4.69) is 4.98 Å². The minimum Gasteiger partial charge on any atom is -0.492 e. The topological polar surface area (TPSA) is 76.6 Å². The third-order valence-electron chi connectivity index (χ3n) is 6.95. The summed E-state index contributed by atoms with van der Waals surface area (Å²) in [6.45, 7) is 2.66. The summed E-state index contributed by atoms with van der Waals surface area (Å²) in [4.78, 5) is 17.8. The summed E-state index contributed by atoms with van der Waals surface area (Å²) in [6, 6.07) is 3.88. The standard InChI is InChI=1S/C25H26F4N2O4S/c1-24(12-31(13-24)21-6-7-30-10-19(21)25(27,28)29)14-35-23-9-20(26)18(8-17(23)15-2-3-15)22(32)11-36(33,34)16-4-5-16/h6-10,15-16H,2-5,11-14H2,1H3. The number of alkyl halides is 3. The van der Waals surface area contributed by atoms with Crippen molar-refractivity contribution in [2.45, 2.75) is 50.0 Å². The third-order valence-corrected chi connectivity index (χ3v) is 9.10. The van der Waals surface area contributed by atoms with Crippen molar-refractivity contribution < 1.29 is 35.5 Å². The number of hydrogen-bond donors (Lipinski definition) is 0. The van der Waals surface area contributed by atoms with Gasteiger partial charge in [0.15, 0.2) is 15.6 Å². The molecule has 2 aromatic rings. The fourth-order valence-electron chi connectivity index (χ4n) is 4.70. The number of halogens is 4. The highest BCUT2D eigenvalue weighted by Gasteiger charge is 2.44. The fourth-order valence-corrected chi connectivity index (χ4v) is 6.31. The maximum Gasteiger partial charge on any atom is 0.419 e. The van der Waals surface area contributed by atoms with Crippen LogP contribution in [-0.4, -0.2) is 49.9 Å². The lowest BCUT2D eigenvalue weighted by molar-refractivity contribution is -0.137. The molecule has 3 aliphatic rings. The van der Waals surface area contributed by atoms with Crippen molar-refractivity contribution in [3.05, 3.63) is 53.1 Å². The van der Waals surface area contributed by atoms with Gasteiger partial charge in [0.25, 0.3) is 0 Å². The number of ether oxygens (including phenoxy) is 1. The van der Waals surface area contributed by atoms with E-state index in [1.807, 2.05) is 6.92 Å². The molecule has 0 bridgehead atoms. The van der Waals surface area contributed by atoms with Gasteiger partial charge in [-0.25, -0.2) is 12.8 Å². The third kappa shape index (κ3) is 5.07. The molecule has 2 heterocycles. The van der Waals surface area contributed by atoms with E-state index >= 15 is 0 Å². The van der Waals surface area contributed by atoms with Crippen molar-refractivity contribution in [3.63, 3.8) is 0 Å². The van der Waals surface area contributed by atoms with Gasteiger partial charge >= 0.3 is 6.18 Å². The normalized spacial score (nSPS) is 19.6. The number of hydrogen-bond acceptors (Lipinski definition) is 6. The number of ketones is 1. The quantitative estimate of drug-likeness (QED) is 0.346. The molecule has 1 aromatic carbocycles. The molecule has 1 aliphatic heterocycles. The van der Waals surface area contributed by atoms with Crippen LogP contribution in [0.4, 0.5) is 23.2 Å². The first-order valence-electron chi connectivity index (χ1n) is 11.8. The molecule has 3 fully saturated rings. The van der Waals surface area contributed by atoms with E-state index in [1.165, 1.54) is 18.3 Å². The van der Waals surface area contributed by atoms with Gasteiger partial charge in [-0.3, -0.25) is 9.78 Å². The molecule has 11 heteroatoms. The Kier molecular flexibility index (Phi) is 6.04. The van der Waals surface area contributed by atoms with Crippen molar-refractivity contribution in [3.8, 4) is 5.75 Å². The smallest absolute Gasteiger partial charge is 0.419 e. The average molecular weight is 527 g/mol. The predicted octanol–water partition coefficient (Wildman–Crippen LogP) is 4.78. The SMILES string of the molecule is CC1(COc2cc(F)c(C(=O)CS(=O)(=O)C3CC3)cc2C2CC2)CN(c2ccncc2C(F)(F)F)C1. The molecular weight excluding hydrogens is 500 g/mol. The summed E-state index contributed by atoms with van der Waals surface area (Å²) < 4.78 is 85.3. The Morgan fingerprint density at radius 3 is 2.50 bits per heavy atom. The lowest BCUT2D eigenvalue weighted by Crippen LogP contribution is -2.58. The van der Waals surface area contributed by atoms with Crippen LogP contribution in [0, 0.1) is 11.2 Å². The number of aromatic nitrogens is 1.